The van der Waals surface area contributed by atoms with Gasteiger partial charge in [-0.3, -0.25) is 0 Å². The quantitative estimate of drug-likeness (QED) is 0.858. The van der Waals surface area contributed by atoms with E-state index in [1.54, 1.807) is 11.3 Å². The monoisotopic (exact) mass is 248 g/mol. The molecule has 1 heterocycles. The van der Waals surface area contributed by atoms with Crippen LogP contribution in [0.3, 0.4) is 0 Å². The zero-order chi connectivity index (χ0) is 12.5. The first kappa shape index (κ1) is 12.6. The van der Waals surface area contributed by atoms with Gasteiger partial charge in [0.05, 0.1) is 6.10 Å². The normalized spacial score (nSPS) is 14.1. The summed E-state index contributed by atoms with van der Waals surface area (Å²) in [5, 5.41) is 13.8. The summed E-state index contributed by atoms with van der Waals surface area (Å²) in [5.41, 5.74) is 1.27. The fourth-order valence-corrected chi connectivity index (χ4v) is 2.89. The third-order valence-corrected chi connectivity index (χ3v) is 4.80. The summed E-state index contributed by atoms with van der Waals surface area (Å²) in [7, 11) is 0. The number of hydrogen-bond acceptors (Lipinski definition) is 2. The van der Waals surface area contributed by atoms with Crippen molar-refractivity contribution in [1.82, 2.24) is 0 Å². The standard InChI is InChI=1S/C15H20OS/c1-4-15(2,3)14(16)9-11-10-17-13-8-6-5-7-12(11)13/h5-8,10,14,16H,4,9H2,1-3H3. The van der Waals surface area contributed by atoms with Crippen LogP contribution in [-0.4, -0.2) is 11.2 Å². The van der Waals surface area contributed by atoms with E-state index < -0.39 is 0 Å². The molecule has 0 radical (unpaired) electrons. The summed E-state index contributed by atoms with van der Waals surface area (Å²) < 4.78 is 1.31. The highest BCUT2D eigenvalue weighted by Crippen LogP contribution is 2.31. The first-order valence-corrected chi connectivity index (χ1v) is 7.05. The lowest BCUT2D eigenvalue weighted by atomic mass is 9.81. The van der Waals surface area contributed by atoms with E-state index in [1.165, 1.54) is 15.6 Å². The maximum Gasteiger partial charge on any atom is 0.0631 e. The van der Waals surface area contributed by atoms with Crippen LogP contribution in [0.5, 0.6) is 0 Å². The van der Waals surface area contributed by atoms with Crippen molar-refractivity contribution in [3.63, 3.8) is 0 Å². The van der Waals surface area contributed by atoms with Gasteiger partial charge in [-0.2, -0.15) is 0 Å². The Bertz CT molecular complexity index is 498. The molecule has 1 aromatic carbocycles. The van der Waals surface area contributed by atoms with Crippen molar-refractivity contribution >= 4 is 21.4 Å². The van der Waals surface area contributed by atoms with E-state index in [-0.39, 0.29) is 11.5 Å². The molecule has 1 N–H and O–H groups in total. The van der Waals surface area contributed by atoms with Crippen LogP contribution in [0.1, 0.15) is 32.8 Å². The van der Waals surface area contributed by atoms with Crippen LogP contribution in [0, 0.1) is 5.41 Å². The zero-order valence-corrected chi connectivity index (χ0v) is 11.6. The SMILES string of the molecule is CCC(C)(C)C(O)Cc1csc2ccccc12. The van der Waals surface area contributed by atoms with Crippen LogP contribution in [0.25, 0.3) is 10.1 Å². The Kier molecular flexibility index (Phi) is 3.55. The molecule has 2 aromatic rings. The molecule has 0 aliphatic rings. The topological polar surface area (TPSA) is 20.2 Å². The zero-order valence-electron chi connectivity index (χ0n) is 10.7. The van der Waals surface area contributed by atoms with Gasteiger partial charge in [-0.1, -0.05) is 39.0 Å². The molecule has 0 aliphatic heterocycles. The van der Waals surface area contributed by atoms with Crippen LogP contribution in [0.4, 0.5) is 0 Å². The van der Waals surface area contributed by atoms with Gasteiger partial charge in [-0.15, -0.1) is 11.3 Å². The molecule has 1 nitrogen and oxygen atoms in total. The van der Waals surface area contributed by atoms with E-state index in [4.69, 9.17) is 0 Å². The van der Waals surface area contributed by atoms with Crippen molar-refractivity contribution in [3.8, 4) is 0 Å². The largest absolute Gasteiger partial charge is 0.392 e. The van der Waals surface area contributed by atoms with Crippen molar-refractivity contribution in [2.75, 3.05) is 0 Å². The maximum atomic E-state index is 10.3. The minimum Gasteiger partial charge on any atom is -0.392 e. The van der Waals surface area contributed by atoms with Crippen molar-refractivity contribution in [2.24, 2.45) is 5.41 Å². The van der Waals surface area contributed by atoms with E-state index in [0.29, 0.717) is 0 Å². The van der Waals surface area contributed by atoms with Gasteiger partial charge in [0.1, 0.15) is 0 Å². The Balaban J connectivity index is 2.24. The average Bonchev–Trinajstić information content (AvgIpc) is 2.73. The fourth-order valence-electron chi connectivity index (χ4n) is 1.91. The lowest BCUT2D eigenvalue weighted by Gasteiger charge is -2.29. The number of thiophene rings is 1. The summed E-state index contributed by atoms with van der Waals surface area (Å²) in [6, 6.07) is 8.42. The van der Waals surface area contributed by atoms with Crippen LogP contribution >= 0.6 is 11.3 Å². The molecule has 0 amide bonds. The number of hydrogen-bond donors (Lipinski definition) is 1. The number of aliphatic hydroxyl groups is 1. The Hall–Kier alpha value is -0.860. The molecule has 1 atom stereocenters. The molecule has 1 aromatic heterocycles. The molecule has 0 spiro atoms. The molecule has 2 rings (SSSR count). The van der Waals surface area contributed by atoms with Gasteiger partial charge in [0.15, 0.2) is 0 Å². The molecule has 92 valence electrons. The lowest BCUT2D eigenvalue weighted by molar-refractivity contribution is 0.0483. The van der Waals surface area contributed by atoms with Crippen molar-refractivity contribution in [1.29, 1.82) is 0 Å². The van der Waals surface area contributed by atoms with Gasteiger partial charge < -0.3 is 5.11 Å². The average molecular weight is 248 g/mol. The van der Waals surface area contributed by atoms with Gasteiger partial charge in [0.25, 0.3) is 0 Å². The number of aliphatic hydroxyl groups excluding tert-OH is 1. The smallest absolute Gasteiger partial charge is 0.0631 e. The molecule has 0 saturated carbocycles. The molecule has 2 heteroatoms. The van der Waals surface area contributed by atoms with Crippen LogP contribution in [0.2, 0.25) is 0 Å². The summed E-state index contributed by atoms with van der Waals surface area (Å²) in [4.78, 5) is 0. The van der Waals surface area contributed by atoms with E-state index in [0.717, 1.165) is 12.8 Å². The van der Waals surface area contributed by atoms with E-state index in [2.05, 4.69) is 50.4 Å². The van der Waals surface area contributed by atoms with E-state index in [1.807, 2.05) is 0 Å². The molecule has 1 unspecified atom stereocenters. The number of rotatable bonds is 4. The first-order chi connectivity index (χ1) is 8.04. The van der Waals surface area contributed by atoms with Gasteiger partial charge in [-0.25, -0.2) is 0 Å². The van der Waals surface area contributed by atoms with Crippen molar-refractivity contribution < 1.29 is 5.11 Å². The van der Waals surface area contributed by atoms with Gasteiger partial charge >= 0.3 is 0 Å². The fraction of sp³-hybridized carbons (Fsp3) is 0.467. The third kappa shape index (κ3) is 2.53. The number of fused-ring (bicyclic) bond motifs is 1. The minimum atomic E-state index is -0.273. The summed E-state index contributed by atoms with van der Waals surface area (Å²) in [5.74, 6) is 0. The second kappa shape index (κ2) is 4.79. The highest BCUT2D eigenvalue weighted by molar-refractivity contribution is 7.17. The van der Waals surface area contributed by atoms with E-state index in [9.17, 15) is 5.11 Å². The lowest BCUT2D eigenvalue weighted by Crippen LogP contribution is -2.30. The van der Waals surface area contributed by atoms with Crippen molar-refractivity contribution in [3.05, 3.63) is 35.2 Å². The summed E-state index contributed by atoms with van der Waals surface area (Å²) >= 11 is 1.76. The third-order valence-electron chi connectivity index (χ3n) is 3.79. The highest BCUT2D eigenvalue weighted by atomic mass is 32.1. The molecule has 0 aliphatic carbocycles. The Morgan fingerprint density at radius 2 is 2.00 bits per heavy atom. The van der Waals surface area contributed by atoms with Gasteiger partial charge in [-0.05, 0) is 34.2 Å². The van der Waals surface area contributed by atoms with Crippen LogP contribution < -0.4 is 0 Å². The van der Waals surface area contributed by atoms with Crippen LogP contribution in [-0.2, 0) is 6.42 Å². The Morgan fingerprint density at radius 1 is 1.29 bits per heavy atom. The predicted octanol–water partition coefficient (Wildman–Crippen LogP) is 4.24. The van der Waals surface area contributed by atoms with E-state index >= 15 is 0 Å². The second-order valence-electron chi connectivity index (χ2n) is 5.32. The Morgan fingerprint density at radius 3 is 2.71 bits per heavy atom. The summed E-state index contributed by atoms with van der Waals surface area (Å²) in [6.07, 6.45) is 1.48. The molecule has 17 heavy (non-hydrogen) atoms. The van der Waals surface area contributed by atoms with Crippen LogP contribution in [0.15, 0.2) is 29.6 Å². The number of benzene rings is 1. The van der Waals surface area contributed by atoms with Gasteiger partial charge in [0.2, 0.25) is 0 Å². The minimum absolute atomic E-state index is 0.0109. The summed E-state index contributed by atoms with van der Waals surface area (Å²) in [6.45, 7) is 6.40. The molecular formula is C15H20OS. The molecule has 0 bridgehead atoms. The van der Waals surface area contributed by atoms with Gasteiger partial charge in [0, 0.05) is 11.1 Å². The predicted molar refractivity (Wildman–Crippen MR) is 75.6 cm³/mol. The van der Waals surface area contributed by atoms with Crippen molar-refractivity contribution in [2.45, 2.75) is 39.7 Å². The Labute approximate surface area is 107 Å². The molecular weight excluding hydrogens is 228 g/mol. The molecule has 0 saturated heterocycles. The second-order valence-corrected chi connectivity index (χ2v) is 6.23. The highest BCUT2D eigenvalue weighted by Gasteiger charge is 2.26. The maximum absolute atomic E-state index is 10.3. The first-order valence-electron chi connectivity index (χ1n) is 6.18. The molecule has 0 fully saturated rings.